The van der Waals surface area contributed by atoms with Gasteiger partial charge in [0.15, 0.2) is 0 Å². The molecule has 3 aromatic carbocycles. The first-order valence-corrected chi connectivity index (χ1v) is 11.0. The van der Waals surface area contributed by atoms with E-state index in [1.165, 1.54) is 0 Å². The molecule has 0 bridgehead atoms. The maximum Gasteiger partial charge on any atom is 0.241 e. The van der Waals surface area contributed by atoms with Crippen LogP contribution in [0.25, 0.3) is 0 Å². The fraction of sp³-hybridized carbons (Fsp3) is 0.136. The zero-order valence-corrected chi connectivity index (χ0v) is 17.5. The number of rotatable bonds is 8. The summed E-state index contributed by atoms with van der Waals surface area (Å²) in [6.07, 6.45) is 0.148. The first-order chi connectivity index (χ1) is 14.3. The third kappa shape index (κ3) is 5.89. The molecule has 0 heterocycles. The van der Waals surface area contributed by atoms with Crippen LogP contribution in [0.5, 0.6) is 0 Å². The van der Waals surface area contributed by atoms with Crippen molar-refractivity contribution < 1.29 is 17.6 Å². The molecule has 0 aliphatic heterocycles. The Balaban J connectivity index is 1.79. The highest BCUT2D eigenvalue weighted by molar-refractivity contribution is 7.89. The van der Waals surface area contributed by atoms with Gasteiger partial charge < -0.3 is 5.32 Å². The fourth-order valence-electron chi connectivity index (χ4n) is 2.85. The van der Waals surface area contributed by atoms with E-state index in [4.69, 9.17) is 11.6 Å². The summed E-state index contributed by atoms with van der Waals surface area (Å²) in [6, 6.07) is 19.5. The molecule has 2 N–H and O–H groups in total. The van der Waals surface area contributed by atoms with Crippen LogP contribution >= 0.6 is 11.6 Å². The van der Waals surface area contributed by atoms with Gasteiger partial charge >= 0.3 is 0 Å². The predicted molar refractivity (Wildman–Crippen MR) is 114 cm³/mol. The molecule has 0 radical (unpaired) electrons. The summed E-state index contributed by atoms with van der Waals surface area (Å²) in [5, 5.41) is 3.24. The Kier molecular flexibility index (Phi) is 7.20. The number of nitrogens with one attached hydrogen (secondary N) is 2. The number of hydrogen-bond acceptors (Lipinski definition) is 3. The Morgan fingerprint density at radius 1 is 0.933 bits per heavy atom. The molecule has 1 unspecified atom stereocenters. The van der Waals surface area contributed by atoms with Crippen molar-refractivity contribution in [2.75, 3.05) is 0 Å². The van der Waals surface area contributed by atoms with E-state index in [0.717, 1.165) is 29.8 Å². The lowest BCUT2D eigenvalue weighted by molar-refractivity contribution is -0.122. The van der Waals surface area contributed by atoms with Gasteiger partial charge in [-0.15, -0.1) is 0 Å². The van der Waals surface area contributed by atoms with Crippen LogP contribution in [0.15, 0.2) is 83.8 Å². The number of amides is 1. The number of halogens is 2. The van der Waals surface area contributed by atoms with Crippen molar-refractivity contribution in [1.29, 1.82) is 0 Å². The molecule has 0 saturated heterocycles. The highest BCUT2D eigenvalue weighted by atomic mass is 35.5. The molecule has 0 saturated carbocycles. The van der Waals surface area contributed by atoms with Gasteiger partial charge in [-0.2, -0.15) is 4.72 Å². The Morgan fingerprint density at radius 2 is 1.57 bits per heavy atom. The molecule has 156 valence electrons. The van der Waals surface area contributed by atoms with Crippen LogP contribution in [0.3, 0.4) is 0 Å². The molecule has 3 rings (SSSR count). The van der Waals surface area contributed by atoms with Gasteiger partial charge in [0.25, 0.3) is 0 Å². The Bertz CT molecular complexity index is 1110. The van der Waals surface area contributed by atoms with E-state index in [2.05, 4.69) is 10.0 Å². The van der Waals surface area contributed by atoms with Crippen LogP contribution < -0.4 is 10.0 Å². The third-order valence-corrected chi connectivity index (χ3v) is 6.29. The van der Waals surface area contributed by atoms with Gasteiger partial charge in [-0.1, -0.05) is 60.1 Å². The summed E-state index contributed by atoms with van der Waals surface area (Å²) in [5.74, 6) is -1.04. The maximum absolute atomic E-state index is 13.2. The zero-order valence-electron chi connectivity index (χ0n) is 15.9. The molecule has 1 amide bonds. The average Bonchev–Trinajstić information content (AvgIpc) is 2.73. The van der Waals surface area contributed by atoms with Crippen LogP contribution in [0.2, 0.25) is 5.02 Å². The second-order valence-electron chi connectivity index (χ2n) is 6.63. The van der Waals surface area contributed by atoms with E-state index in [0.29, 0.717) is 10.6 Å². The smallest absolute Gasteiger partial charge is 0.241 e. The lowest BCUT2D eigenvalue weighted by atomic mass is 10.1. The maximum atomic E-state index is 13.2. The largest absolute Gasteiger partial charge is 0.351 e. The van der Waals surface area contributed by atoms with Crippen LogP contribution in [0.1, 0.15) is 11.1 Å². The van der Waals surface area contributed by atoms with E-state index in [9.17, 15) is 17.6 Å². The first-order valence-electron chi connectivity index (χ1n) is 9.18. The van der Waals surface area contributed by atoms with Crippen LogP contribution in [-0.2, 0) is 27.8 Å². The normalized spacial score (nSPS) is 12.3. The van der Waals surface area contributed by atoms with Crippen LogP contribution in [-0.4, -0.2) is 20.4 Å². The molecular formula is C22H20ClFN2O3S. The summed E-state index contributed by atoms with van der Waals surface area (Å²) in [7, 11) is -4.04. The van der Waals surface area contributed by atoms with Gasteiger partial charge in [-0.25, -0.2) is 12.8 Å². The number of benzene rings is 3. The zero-order chi connectivity index (χ0) is 21.6. The van der Waals surface area contributed by atoms with Crippen molar-refractivity contribution >= 4 is 27.5 Å². The standard InChI is InChI=1S/C22H20ClFN2O3S/c23-20-9-5-4-8-17(20)15-25-22(27)21(14-16-6-2-1-3-7-16)26-30(28,29)19-12-10-18(24)11-13-19/h1-13,21,26H,14-15H2,(H,25,27). The summed E-state index contributed by atoms with van der Waals surface area (Å²) in [4.78, 5) is 12.7. The van der Waals surface area contributed by atoms with Gasteiger partial charge in [-0.05, 0) is 47.9 Å². The SMILES string of the molecule is O=C(NCc1ccccc1Cl)C(Cc1ccccc1)NS(=O)(=O)c1ccc(F)cc1. The summed E-state index contributed by atoms with van der Waals surface area (Å²) in [5.41, 5.74) is 1.50. The van der Waals surface area contributed by atoms with E-state index in [-0.39, 0.29) is 17.9 Å². The van der Waals surface area contributed by atoms with Gasteiger partial charge in [0.2, 0.25) is 15.9 Å². The number of carbonyl (C=O) groups excluding carboxylic acids is 1. The minimum absolute atomic E-state index is 0.124. The first kappa shape index (κ1) is 22.0. The molecule has 0 spiro atoms. The highest BCUT2D eigenvalue weighted by Crippen LogP contribution is 2.15. The second-order valence-corrected chi connectivity index (χ2v) is 8.75. The molecule has 1 atom stereocenters. The van der Waals surface area contributed by atoms with Crippen LogP contribution in [0.4, 0.5) is 4.39 Å². The van der Waals surface area contributed by atoms with Crippen molar-refractivity contribution in [3.8, 4) is 0 Å². The molecule has 0 aromatic heterocycles. The average molecular weight is 447 g/mol. The molecule has 8 heteroatoms. The quantitative estimate of drug-likeness (QED) is 0.554. The highest BCUT2D eigenvalue weighted by Gasteiger charge is 2.26. The fourth-order valence-corrected chi connectivity index (χ4v) is 4.25. The van der Waals surface area contributed by atoms with Gasteiger partial charge in [-0.3, -0.25) is 4.79 Å². The van der Waals surface area contributed by atoms with Crippen molar-refractivity contribution in [2.24, 2.45) is 0 Å². The van der Waals surface area contributed by atoms with E-state index in [1.807, 2.05) is 18.2 Å². The van der Waals surface area contributed by atoms with Gasteiger partial charge in [0, 0.05) is 11.6 Å². The molecule has 0 aliphatic rings. The Hall–Kier alpha value is -2.74. The van der Waals surface area contributed by atoms with Crippen molar-refractivity contribution in [2.45, 2.75) is 23.9 Å². The van der Waals surface area contributed by atoms with Crippen molar-refractivity contribution in [3.05, 3.63) is 101 Å². The van der Waals surface area contributed by atoms with Crippen molar-refractivity contribution in [1.82, 2.24) is 10.0 Å². The third-order valence-electron chi connectivity index (χ3n) is 4.43. The topological polar surface area (TPSA) is 75.3 Å². The molecule has 0 fully saturated rings. The Morgan fingerprint density at radius 3 is 2.23 bits per heavy atom. The number of carbonyl (C=O) groups is 1. The Labute approximate surface area is 179 Å². The van der Waals surface area contributed by atoms with Crippen molar-refractivity contribution in [3.63, 3.8) is 0 Å². The van der Waals surface area contributed by atoms with E-state index >= 15 is 0 Å². The molecule has 3 aromatic rings. The molecule has 30 heavy (non-hydrogen) atoms. The minimum atomic E-state index is -4.04. The predicted octanol–water partition coefficient (Wildman–Crippen LogP) is 3.69. The van der Waals surface area contributed by atoms with Crippen LogP contribution in [0, 0.1) is 5.82 Å². The van der Waals surface area contributed by atoms with Gasteiger partial charge in [0.05, 0.1) is 4.90 Å². The number of hydrogen-bond donors (Lipinski definition) is 2. The second kappa shape index (κ2) is 9.84. The van der Waals surface area contributed by atoms with Gasteiger partial charge in [0.1, 0.15) is 11.9 Å². The molecule has 0 aliphatic carbocycles. The summed E-state index contributed by atoms with van der Waals surface area (Å²) >= 11 is 6.12. The lowest BCUT2D eigenvalue weighted by Gasteiger charge is -2.19. The molecule has 5 nitrogen and oxygen atoms in total. The van der Waals surface area contributed by atoms with E-state index in [1.54, 1.807) is 36.4 Å². The summed E-state index contributed by atoms with van der Waals surface area (Å²) < 4.78 is 41.1. The lowest BCUT2D eigenvalue weighted by Crippen LogP contribution is -2.47. The minimum Gasteiger partial charge on any atom is -0.351 e. The molecular weight excluding hydrogens is 427 g/mol. The summed E-state index contributed by atoms with van der Waals surface area (Å²) in [6.45, 7) is 0.155. The number of sulfonamides is 1. The van der Waals surface area contributed by atoms with E-state index < -0.39 is 27.8 Å². The monoisotopic (exact) mass is 446 g/mol.